The molecule has 0 aliphatic heterocycles. The summed E-state index contributed by atoms with van der Waals surface area (Å²) in [6.07, 6.45) is 3.19. The van der Waals surface area contributed by atoms with E-state index < -0.39 is 9.84 Å². The lowest BCUT2D eigenvalue weighted by atomic mass is 10.3. The Hall–Kier alpha value is -1.86. The number of nitrogens with one attached hydrogen (secondary N) is 1. The standard InChI is InChI=1S/C14H15N3O2S2/c1-10-12(17-7-8-20-14(17)16-10)9-15-11-5-3-4-6-13(11)21(2,18)19/h3-8,15H,9H2,1-2H3. The van der Waals surface area contributed by atoms with Crippen LogP contribution < -0.4 is 5.32 Å². The van der Waals surface area contributed by atoms with Gasteiger partial charge in [0.1, 0.15) is 0 Å². The van der Waals surface area contributed by atoms with Gasteiger partial charge in [0, 0.05) is 17.8 Å². The lowest BCUT2D eigenvalue weighted by Gasteiger charge is -2.10. The van der Waals surface area contributed by atoms with Gasteiger partial charge in [0.25, 0.3) is 0 Å². The third-order valence-electron chi connectivity index (χ3n) is 3.29. The number of hydrogen-bond acceptors (Lipinski definition) is 5. The maximum atomic E-state index is 11.8. The summed E-state index contributed by atoms with van der Waals surface area (Å²) in [6.45, 7) is 2.48. The molecule has 0 amide bonds. The average molecular weight is 321 g/mol. The Morgan fingerprint density at radius 2 is 2.10 bits per heavy atom. The molecule has 0 saturated carbocycles. The molecule has 3 aromatic rings. The molecule has 0 aliphatic rings. The quantitative estimate of drug-likeness (QED) is 0.802. The second-order valence-electron chi connectivity index (χ2n) is 4.82. The second-order valence-corrected chi connectivity index (χ2v) is 7.68. The summed E-state index contributed by atoms with van der Waals surface area (Å²) in [5.41, 5.74) is 2.60. The van der Waals surface area contributed by atoms with Crippen LogP contribution in [0, 0.1) is 6.92 Å². The van der Waals surface area contributed by atoms with Crippen molar-refractivity contribution in [2.75, 3.05) is 11.6 Å². The molecule has 110 valence electrons. The van der Waals surface area contributed by atoms with Crippen LogP contribution in [0.2, 0.25) is 0 Å². The summed E-state index contributed by atoms with van der Waals surface area (Å²) in [5, 5.41) is 5.19. The van der Waals surface area contributed by atoms with Crippen LogP contribution >= 0.6 is 11.3 Å². The first-order chi connectivity index (χ1) is 9.97. The number of fused-ring (bicyclic) bond motifs is 1. The van der Waals surface area contributed by atoms with Gasteiger partial charge in [-0.1, -0.05) is 12.1 Å². The minimum atomic E-state index is -3.25. The van der Waals surface area contributed by atoms with Crippen LogP contribution in [0.5, 0.6) is 0 Å². The average Bonchev–Trinajstić information content (AvgIpc) is 2.96. The van der Waals surface area contributed by atoms with Crippen LogP contribution in [0.1, 0.15) is 11.4 Å². The largest absolute Gasteiger partial charge is 0.378 e. The number of anilines is 1. The number of nitrogens with zero attached hydrogens (tertiary/aromatic N) is 2. The molecule has 5 nitrogen and oxygen atoms in total. The summed E-state index contributed by atoms with van der Waals surface area (Å²) >= 11 is 1.58. The molecule has 0 saturated heterocycles. The van der Waals surface area contributed by atoms with Gasteiger partial charge in [-0.05, 0) is 19.1 Å². The van der Waals surface area contributed by atoms with Gasteiger partial charge < -0.3 is 5.32 Å². The fourth-order valence-corrected chi connectivity index (χ4v) is 3.91. The number of aromatic nitrogens is 2. The highest BCUT2D eigenvalue weighted by Crippen LogP contribution is 2.23. The third-order valence-corrected chi connectivity index (χ3v) is 5.21. The van der Waals surface area contributed by atoms with Crippen LogP contribution in [0.4, 0.5) is 5.69 Å². The Bertz CT molecular complexity index is 894. The van der Waals surface area contributed by atoms with Crippen molar-refractivity contribution >= 4 is 31.8 Å². The first-order valence-electron chi connectivity index (χ1n) is 6.41. The minimum absolute atomic E-state index is 0.314. The summed E-state index contributed by atoms with van der Waals surface area (Å²) in [4.78, 5) is 5.74. The van der Waals surface area contributed by atoms with Crippen LogP contribution in [-0.4, -0.2) is 24.1 Å². The molecule has 2 aromatic heterocycles. The predicted octanol–water partition coefficient (Wildman–Crippen LogP) is 2.72. The van der Waals surface area contributed by atoms with Gasteiger partial charge in [-0.2, -0.15) is 0 Å². The van der Waals surface area contributed by atoms with Crippen molar-refractivity contribution in [1.82, 2.24) is 9.38 Å². The monoisotopic (exact) mass is 321 g/mol. The number of aryl methyl sites for hydroxylation is 1. The minimum Gasteiger partial charge on any atom is -0.378 e. The van der Waals surface area contributed by atoms with E-state index in [0.717, 1.165) is 16.3 Å². The van der Waals surface area contributed by atoms with Crippen molar-refractivity contribution < 1.29 is 8.42 Å². The number of imidazole rings is 1. The number of hydrogen-bond donors (Lipinski definition) is 1. The topological polar surface area (TPSA) is 63.5 Å². The highest BCUT2D eigenvalue weighted by Gasteiger charge is 2.14. The van der Waals surface area contributed by atoms with E-state index in [1.807, 2.05) is 29.0 Å². The first kappa shape index (κ1) is 14.1. The van der Waals surface area contributed by atoms with Crippen molar-refractivity contribution in [2.24, 2.45) is 0 Å². The van der Waals surface area contributed by atoms with Crippen molar-refractivity contribution in [2.45, 2.75) is 18.4 Å². The molecule has 0 fully saturated rings. The molecule has 2 heterocycles. The molecule has 0 unspecified atom stereocenters. The molecular weight excluding hydrogens is 306 g/mol. The Labute approximate surface area is 127 Å². The molecule has 7 heteroatoms. The van der Waals surface area contributed by atoms with Crippen molar-refractivity contribution in [3.05, 3.63) is 47.2 Å². The lowest BCUT2D eigenvalue weighted by Crippen LogP contribution is -2.08. The molecule has 21 heavy (non-hydrogen) atoms. The SMILES string of the molecule is Cc1nc2sccn2c1CNc1ccccc1S(C)(=O)=O. The fraction of sp³-hybridized carbons (Fsp3) is 0.214. The number of thiazole rings is 1. The van der Waals surface area contributed by atoms with Crippen molar-refractivity contribution in [1.29, 1.82) is 0 Å². The molecule has 3 rings (SSSR count). The summed E-state index contributed by atoms with van der Waals surface area (Å²) in [5.74, 6) is 0. The molecule has 1 N–H and O–H groups in total. The van der Waals surface area contributed by atoms with Gasteiger partial charge in [0.05, 0.1) is 28.5 Å². The molecular formula is C14H15N3O2S2. The number of rotatable bonds is 4. The third kappa shape index (κ3) is 2.66. The van der Waals surface area contributed by atoms with Gasteiger partial charge in [-0.15, -0.1) is 11.3 Å². The van der Waals surface area contributed by atoms with Gasteiger partial charge in [-0.25, -0.2) is 13.4 Å². The fourth-order valence-electron chi connectivity index (χ4n) is 2.27. The maximum absolute atomic E-state index is 11.8. The van der Waals surface area contributed by atoms with Crippen LogP contribution in [0.3, 0.4) is 0 Å². The zero-order valence-electron chi connectivity index (χ0n) is 11.7. The zero-order valence-corrected chi connectivity index (χ0v) is 13.3. The normalized spacial score (nSPS) is 11.9. The number of benzene rings is 1. The number of para-hydroxylation sites is 1. The number of sulfone groups is 1. The molecule has 0 bridgehead atoms. The van der Waals surface area contributed by atoms with Crippen LogP contribution in [0.15, 0.2) is 40.7 Å². The van der Waals surface area contributed by atoms with Gasteiger partial charge in [0.2, 0.25) is 0 Å². The van der Waals surface area contributed by atoms with E-state index in [2.05, 4.69) is 10.3 Å². The molecule has 1 aromatic carbocycles. The smallest absolute Gasteiger partial charge is 0.194 e. The Balaban J connectivity index is 1.92. The molecule has 0 atom stereocenters. The molecule has 0 radical (unpaired) electrons. The van der Waals surface area contributed by atoms with Crippen molar-refractivity contribution in [3.8, 4) is 0 Å². The maximum Gasteiger partial charge on any atom is 0.194 e. The van der Waals surface area contributed by atoms with E-state index in [1.54, 1.807) is 29.5 Å². The van der Waals surface area contributed by atoms with E-state index in [0.29, 0.717) is 17.1 Å². The Morgan fingerprint density at radius 1 is 1.33 bits per heavy atom. The van der Waals surface area contributed by atoms with Crippen molar-refractivity contribution in [3.63, 3.8) is 0 Å². The van der Waals surface area contributed by atoms with E-state index in [9.17, 15) is 8.42 Å². The van der Waals surface area contributed by atoms with Gasteiger partial charge in [0.15, 0.2) is 14.8 Å². The summed E-state index contributed by atoms with van der Waals surface area (Å²) in [7, 11) is -3.25. The van der Waals surface area contributed by atoms with Crippen LogP contribution in [0.25, 0.3) is 4.96 Å². The highest BCUT2D eigenvalue weighted by atomic mass is 32.2. The van der Waals surface area contributed by atoms with E-state index in [1.165, 1.54) is 6.26 Å². The van der Waals surface area contributed by atoms with Gasteiger partial charge in [-0.3, -0.25) is 4.40 Å². The zero-order chi connectivity index (χ0) is 15.0. The van der Waals surface area contributed by atoms with E-state index in [-0.39, 0.29) is 0 Å². The van der Waals surface area contributed by atoms with E-state index >= 15 is 0 Å². The van der Waals surface area contributed by atoms with Gasteiger partial charge >= 0.3 is 0 Å². The van der Waals surface area contributed by atoms with E-state index in [4.69, 9.17) is 0 Å². The van der Waals surface area contributed by atoms with Crippen LogP contribution in [-0.2, 0) is 16.4 Å². The Morgan fingerprint density at radius 3 is 2.86 bits per heavy atom. The highest BCUT2D eigenvalue weighted by molar-refractivity contribution is 7.90. The summed E-state index contributed by atoms with van der Waals surface area (Å²) in [6, 6.07) is 6.93. The molecule has 0 aliphatic carbocycles. The predicted molar refractivity (Wildman–Crippen MR) is 84.7 cm³/mol. The lowest BCUT2D eigenvalue weighted by molar-refractivity contribution is 0.602. The second kappa shape index (κ2) is 5.16. The Kier molecular flexibility index (Phi) is 3.46. The first-order valence-corrected chi connectivity index (χ1v) is 9.18. The molecule has 0 spiro atoms. The summed E-state index contributed by atoms with van der Waals surface area (Å²) < 4.78 is 25.6.